The molecule has 0 bridgehead atoms. The summed E-state index contributed by atoms with van der Waals surface area (Å²) >= 11 is 0. The van der Waals surface area contributed by atoms with Crippen LogP contribution in [0.3, 0.4) is 0 Å². The summed E-state index contributed by atoms with van der Waals surface area (Å²) in [5.41, 5.74) is 4.93. The first-order valence-electron chi connectivity index (χ1n) is 4.88. The van der Waals surface area contributed by atoms with E-state index in [-0.39, 0.29) is 5.91 Å². The number of anilines is 1. The van der Waals surface area contributed by atoms with E-state index < -0.39 is 11.3 Å². The summed E-state index contributed by atoms with van der Waals surface area (Å²) in [6, 6.07) is 2.95. The molecule has 16 heavy (non-hydrogen) atoms. The highest BCUT2D eigenvalue weighted by Gasteiger charge is 2.21. The van der Waals surface area contributed by atoms with Crippen LogP contribution in [0, 0.1) is 5.41 Å². The van der Waals surface area contributed by atoms with Crippen LogP contribution in [0.4, 0.5) is 5.82 Å². The van der Waals surface area contributed by atoms with Gasteiger partial charge in [0.1, 0.15) is 5.82 Å². The van der Waals surface area contributed by atoms with Crippen LogP contribution in [0.25, 0.3) is 0 Å². The zero-order valence-electron chi connectivity index (χ0n) is 9.57. The minimum Gasteiger partial charge on any atom is -0.366 e. The summed E-state index contributed by atoms with van der Waals surface area (Å²) in [5.74, 6) is -0.383. The largest absolute Gasteiger partial charge is 0.366 e. The van der Waals surface area contributed by atoms with Crippen molar-refractivity contribution in [2.75, 3.05) is 5.32 Å². The van der Waals surface area contributed by atoms with Crippen molar-refractivity contribution in [2.24, 2.45) is 11.1 Å². The van der Waals surface area contributed by atoms with Crippen LogP contribution in [0.15, 0.2) is 18.3 Å². The fraction of sp³-hybridized carbons (Fsp3) is 0.364. The maximum Gasteiger partial charge on any atom is 0.248 e. The minimum absolute atomic E-state index is 0.165. The number of rotatable bonds is 2. The van der Waals surface area contributed by atoms with Crippen LogP contribution in [0.1, 0.15) is 31.1 Å². The first-order valence-corrected chi connectivity index (χ1v) is 4.88. The molecule has 1 heterocycles. The van der Waals surface area contributed by atoms with Gasteiger partial charge >= 0.3 is 0 Å². The van der Waals surface area contributed by atoms with Crippen molar-refractivity contribution in [1.82, 2.24) is 4.98 Å². The van der Waals surface area contributed by atoms with Crippen molar-refractivity contribution in [3.05, 3.63) is 23.9 Å². The van der Waals surface area contributed by atoms with Crippen molar-refractivity contribution >= 4 is 17.6 Å². The molecule has 2 amide bonds. The molecule has 0 unspecified atom stereocenters. The molecule has 1 aromatic rings. The molecular formula is C11H15N3O2. The summed E-state index contributed by atoms with van der Waals surface area (Å²) in [6.45, 7) is 5.38. The third-order valence-corrected chi connectivity index (χ3v) is 1.97. The second-order valence-electron chi connectivity index (χ2n) is 4.50. The molecule has 1 rings (SSSR count). The number of aromatic nitrogens is 1. The SMILES string of the molecule is CC(C)(C)C(=O)Nc1cc(C(N)=O)ccn1. The molecule has 5 nitrogen and oxygen atoms in total. The fourth-order valence-electron chi connectivity index (χ4n) is 0.956. The van der Waals surface area contributed by atoms with Crippen molar-refractivity contribution in [3.63, 3.8) is 0 Å². The second-order valence-corrected chi connectivity index (χ2v) is 4.50. The number of primary amides is 1. The van der Waals surface area contributed by atoms with Gasteiger partial charge in [0.2, 0.25) is 11.8 Å². The molecule has 0 aliphatic rings. The lowest BCUT2D eigenvalue weighted by Crippen LogP contribution is -2.28. The van der Waals surface area contributed by atoms with Crippen LogP contribution in [0.5, 0.6) is 0 Å². The maximum absolute atomic E-state index is 11.6. The molecule has 0 aliphatic heterocycles. The molecule has 0 aliphatic carbocycles. The summed E-state index contributed by atoms with van der Waals surface area (Å²) in [7, 11) is 0. The third kappa shape index (κ3) is 3.05. The van der Waals surface area contributed by atoms with Gasteiger partial charge in [0.05, 0.1) is 0 Å². The van der Waals surface area contributed by atoms with E-state index in [9.17, 15) is 9.59 Å². The third-order valence-electron chi connectivity index (χ3n) is 1.97. The Balaban J connectivity index is 2.87. The van der Waals surface area contributed by atoms with Gasteiger partial charge in [-0.15, -0.1) is 0 Å². The van der Waals surface area contributed by atoms with Crippen LogP contribution in [-0.4, -0.2) is 16.8 Å². The highest BCUT2D eigenvalue weighted by atomic mass is 16.2. The van der Waals surface area contributed by atoms with Crippen molar-refractivity contribution in [2.45, 2.75) is 20.8 Å². The molecule has 0 saturated carbocycles. The number of nitrogens with zero attached hydrogens (tertiary/aromatic N) is 1. The highest BCUT2D eigenvalue weighted by Crippen LogP contribution is 2.16. The van der Waals surface area contributed by atoms with Gasteiger partial charge in [-0.25, -0.2) is 4.98 Å². The Kier molecular flexibility index (Phi) is 3.27. The minimum atomic E-state index is -0.548. The number of carbonyl (C=O) groups is 2. The average Bonchev–Trinajstić information content (AvgIpc) is 2.16. The van der Waals surface area contributed by atoms with Crippen molar-refractivity contribution < 1.29 is 9.59 Å². The van der Waals surface area contributed by atoms with E-state index in [1.54, 1.807) is 20.8 Å². The number of nitrogens with one attached hydrogen (secondary N) is 1. The van der Waals surface area contributed by atoms with Gasteiger partial charge in [0, 0.05) is 17.2 Å². The Morgan fingerprint density at radius 1 is 1.38 bits per heavy atom. The number of amides is 2. The topological polar surface area (TPSA) is 85.1 Å². The lowest BCUT2D eigenvalue weighted by molar-refractivity contribution is -0.123. The standard InChI is InChI=1S/C11H15N3O2/c1-11(2,3)10(16)14-8-6-7(9(12)15)4-5-13-8/h4-6H,1-3H3,(H2,12,15)(H,13,14,16). The first kappa shape index (κ1) is 12.2. The Hall–Kier alpha value is -1.91. The van der Waals surface area contributed by atoms with Gasteiger partial charge < -0.3 is 11.1 Å². The number of pyridine rings is 1. The van der Waals surface area contributed by atoms with Crippen LogP contribution in [-0.2, 0) is 4.79 Å². The van der Waals surface area contributed by atoms with Gasteiger partial charge in [0.25, 0.3) is 0 Å². The summed E-state index contributed by atoms with van der Waals surface area (Å²) in [6.07, 6.45) is 1.43. The predicted octanol–water partition coefficient (Wildman–Crippen LogP) is 1.17. The normalized spacial score (nSPS) is 10.9. The molecule has 0 aromatic carbocycles. The van der Waals surface area contributed by atoms with E-state index in [2.05, 4.69) is 10.3 Å². The molecular weight excluding hydrogens is 206 g/mol. The molecule has 0 atom stereocenters. The molecule has 0 radical (unpaired) electrons. The van der Waals surface area contributed by atoms with E-state index in [1.807, 2.05) is 0 Å². The first-order chi connectivity index (χ1) is 7.30. The maximum atomic E-state index is 11.6. The van der Waals surface area contributed by atoms with Crippen LogP contribution < -0.4 is 11.1 Å². The molecule has 0 saturated heterocycles. The Bertz CT molecular complexity index is 421. The molecule has 5 heteroatoms. The van der Waals surface area contributed by atoms with Gasteiger partial charge in [-0.1, -0.05) is 20.8 Å². The monoisotopic (exact) mass is 221 g/mol. The highest BCUT2D eigenvalue weighted by molar-refractivity contribution is 5.96. The van der Waals surface area contributed by atoms with E-state index in [4.69, 9.17) is 5.73 Å². The lowest BCUT2D eigenvalue weighted by Gasteiger charge is -2.17. The summed E-state index contributed by atoms with van der Waals surface area (Å²) < 4.78 is 0. The summed E-state index contributed by atoms with van der Waals surface area (Å²) in [5, 5.41) is 2.62. The molecule has 1 aromatic heterocycles. The second kappa shape index (κ2) is 4.30. The summed E-state index contributed by atoms with van der Waals surface area (Å²) in [4.78, 5) is 26.5. The average molecular weight is 221 g/mol. The lowest BCUT2D eigenvalue weighted by atomic mass is 9.96. The Morgan fingerprint density at radius 3 is 2.50 bits per heavy atom. The Labute approximate surface area is 94.1 Å². The Morgan fingerprint density at radius 2 is 2.00 bits per heavy atom. The number of hydrogen-bond acceptors (Lipinski definition) is 3. The smallest absolute Gasteiger partial charge is 0.248 e. The van der Waals surface area contributed by atoms with E-state index in [0.717, 1.165) is 0 Å². The van der Waals surface area contributed by atoms with E-state index >= 15 is 0 Å². The van der Waals surface area contributed by atoms with E-state index in [1.165, 1.54) is 18.3 Å². The molecule has 3 N–H and O–H groups in total. The molecule has 0 spiro atoms. The number of hydrogen-bond donors (Lipinski definition) is 2. The van der Waals surface area contributed by atoms with Gasteiger partial charge in [-0.3, -0.25) is 9.59 Å². The van der Waals surface area contributed by atoms with Crippen LogP contribution in [0.2, 0.25) is 0 Å². The number of nitrogens with two attached hydrogens (primary N) is 1. The van der Waals surface area contributed by atoms with E-state index in [0.29, 0.717) is 11.4 Å². The van der Waals surface area contributed by atoms with Gasteiger partial charge in [-0.2, -0.15) is 0 Å². The quantitative estimate of drug-likeness (QED) is 0.786. The van der Waals surface area contributed by atoms with Crippen molar-refractivity contribution in [3.8, 4) is 0 Å². The predicted molar refractivity (Wildman–Crippen MR) is 60.8 cm³/mol. The number of carbonyl (C=O) groups excluding carboxylic acids is 2. The van der Waals surface area contributed by atoms with Gasteiger partial charge in [0.15, 0.2) is 0 Å². The zero-order valence-corrected chi connectivity index (χ0v) is 9.57. The van der Waals surface area contributed by atoms with Crippen molar-refractivity contribution in [1.29, 1.82) is 0 Å². The van der Waals surface area contributed by atoms with Gasteiger partial charge in [-0.05, 0) is 12.1 Å². The molecule has 86 valence electrons. The fourth-order valence-corrected chi connectivity index (χ4v) is 0.956. The zero-order chi connectivity index (χ0) is 12.3. The molecule has 0 fully saturated rings. The van der Waals surface area contributed by atoms with Crippen LogP contribution >= 0.6 is 0 Å².